The Hall–Kier alpha value is -0.660. The van der Waals surface area contributed by atoms with E-state index < -0.39 is 10.2 Å². The van der Waals surface area contributed by atoms with E-state index >= 15 is 0 Å². The second-order valence-corrected chi connectivity index (χ2v) is 5.81. The van der Waals surface area contributed by atoms with Crippen LogP contribution in [-0.4, -0.2) is 38.2 Å². The molecule has 0 aromatic carbocycles. The zero-order valence-electron chi connectivity index (χ0n) is 9.57. The quantitative estimate of drug-likeness (QED) is 0.467. The highest BCUT2D eigenvalue weighted by molar-refractivity contribution is 7.87. The van der Waals surface area contributed by atoms with Gasteiger partial charge in [-0.05, 0) is 19.3 Å². The van der Waals surface area contributed by atoms with Gasteiger partial charge in [-0.1, -0.05) is 6.92 Å². The van der Waals surface area contributed by atoms with E-state index in [2.05, 4.69) is 4.72 Å². The molecule has 7 heteroatoms. The summed E-state index contributed by atoms with van der Waals surface area (Å²) in [5.41, 5.74) is 5.41. The average molecular weight is 248 g/mol. The fraction of sp³-hybridized carbons (Fsp3) is 0.889. The monoisotopic (exact) mass is 248 g/mol. The van der Waals surface area contributed by atoms with Crippen LogP contribution in [-0.2, 0) is 10.2 Å². The van der Waals surface area contributed by atoms with Crippen molar-refractivity contribution in [2.75, 3.05) is 19.6 Å². The lowest BCUT2D eigenvalue weighted by Gasteiger charge is -2.31. The highest BCUT2D eigenvalue weighted by Gasteiger charge is 2.29. The van der Waals surface area contributed by atoms with Gasteiger partial charge in [0.25, 0.3) is 10.2 Å². The minimum Gasteiger partial charge on any atom is -0.387 e. The Morgan fingerprint density at radius 2 is 2.31 bits per heavy atom. The van der Waals surface area contributed by atoms with E-state index in [0.717, 1.165) is 19.3 Å². The van der Waals surface area contributed by atoms with Gasteiger partial charge in [0.05, 0.1) is 5.84 Å². The third-order valence-electron chi connectivity index (χ3n) is 2.70. The van der Waals surface area contributed by atoms with E-state index in [1.165, 1.54) is 4.31 Å². The number of nitrogens with one attached hydrogen (secondary N) is 2. The number of hydrogen-bond acceptors (Lipinski definition) is 3. The lowest BCUT2D eigenvalue weighted by molar-refractivity contribution is 0.306. The first-order chi connectivity index (χ1) is 7.47. The predicted octanol–water partition coefficient (Wildman–Crippen LogP) is -0.121. The molecule has 0 bridgehead atoms. The Morgan fingerprint density at radius 1 is 1.62 bits per heavy atom. The van der Waals surface area contributed by atoms with Gasteiger partial charge in [-0.25, -0.2) is 4.72 Å². The van der Waals surface area contributed by atoms with Gasteiger partial charge in [0.2, 0.25) is 0 Å². The van der Waals surface area contributed by atoms with Gasteiger partial charge in [-0.15, -0.1) is 0 Å². The molecular weight excluding hydrogens is 228 g/mol. The molecule has 1 aliphatic heterocycles. The van der Waals surface area contributed by atoms with Crippen molar-refractivity contribution in [1.29, 1.82) is 5.41 Å². The normalized spacial score (nSPS) is 23.2. The largest absolute Gasteiger partial charge is 0.387 e. The van der Waals surface area contributed by atoms with Gasteiger partial charge in [-0.3, -0.25) is 5.41 Å². The molecule has 6 nitrogen and oxygen atoms in total. The fourth-order valence-electron chi connectivity index (χ4n) is 1.74. The summed E-state index contributed by atoms with van der Waals surface area (Å²) in [6, 6.07) is 0. The van der Waals surface area contributed by atoms with E-state index in [4.69, 9.17) is 11.1 Å². The van der Waals surface area contributed by atoms with Crippen molar-refractivity contribution in [1.82, 2.24) is 9.03 Å². The van der Waals surface area contributed by atoms with Crippen LogP contribution in [0, 0.1) is 11.3 Å². The Labute approximate surface area is 96.9 Å². The lowest BCUT2D eigenvalue weighted by Crippen LogP contribution is -2.48. The maximum atomic E-state index is 11.8. The molecule has 94 valence electrons. The second-order valence-electron chi connectivity index (χ2n) is 4.05. The summed E-state index contributed by atoms with van der Waals surface area (Å²) in [5, 5.41) is 7.36. The maximum absolute atomic E-state index is 11.8. The molecule has 1 fully saturated rings. The maximum Gasteiger partial charge on any atom is 0.279 e. The van der Waals surface area contributed by atoms with Crippen LogP contribution >= 0.6 is 0 Å². The number of rotatable bonds is 5. The molecule has 0 amide bonds. The molecule has 4 N–H and O–H groups in total. The zero-order valence-corrected chi connectivity index (χ0v) is 10.4. The summed E-state index contributed by atoms with van der Waals surface area (Å²) < 4.78 is 27.5. The van der Waals surface area contributed by atoms with Gasteiger partial charge in [0.1, 0.15) is 0 Å². The summed E-state index contributed by atoms with van der Waals surface area (Å²) in [6.07, 6.45) is 2.33. The van der Waals surface area contributed by atoms with Crippen LogP contribution in [0.4, 0.5) is 0 Å². The first kappa shape index (κ1) is 13.4. The smallest absolute Gasteiger partial charge is 0.279 e. The van der Waals surface area contributed by atoms with Crippen LogP contribution in [0.2, 0.25) is 0 Å². The van der Waals surface area contributed by atoms with Gasteiger partial charge >= 0.3 is 0 Å². The molecule has 1 atom stereocenters. The molecule has 0 radical (unpaired) electrons. The average Bonchev–Trinajstić information content (AvgIpc) is 2.26. The number of nitrogens with two attached hydrogens (primary N) is 1. The van der Waals surface area contributed by atoms with E-state index in [0.29, 0.717) is 19.6 Å². The van der Waals surface area contributed by atoms with Crippen molar-refractivity contribution >= 4 is 16.0 Å². The molecule has 0 aliphatic carbocycles. The fourth-order valence-corrected chi connectivity index (χ4v) is 3.13. The zero-order chi connectivity index (χ0) is 12.2. The number of hydrogen-bond donors (Lipinski definition) is 3. The molecule has 16 heavy (non-hydrogen) atoms. The Morgan fingerprint density at radius 3 is 2.88 bits per heavy atom. The lowest BCUT2D eigenvalue weighted by atomic mass is 9.99. The standard InChI is InChI=1S/C9H20N4O2S/c1-2-5-12-16(14,15)13-6-3-4-8(7-13)9(10)11/h8,12H,2-7H2,1H3,(H3,10,11). The van der Waals surface area contributed by atoms with Crippen molar-refractivity contribution in [3.8, 4) is 0 Å². The predicted molar refractivity (Wildman–Crippen MR) is 63.4 cm³/mol. The van der Waals surface area contributed by atoms with Crippen molar-refractivity contribution in [3.63, 3.8) is 0 Å². The topological polar surface area (TPSA) is 99.3 Å². The molecule has 1 saturated heterocycles. The minimum absolute atomic E-state index is 0.0791. The van der Waals surface area contributed by atoms with E-state index in [1.54, 1.807) is 0 Å². The Kier molecular flexibility index (Phi) is 4.69. The minimum atomic E-state index is -3.38. The van der Waals surface area contributed by atoms with Crippen LogP contribution < -0.4 is 10.5 Å². The molecule has 1 heterocycles. The van der Waals surface area contributed by atoms with Gasteiger partial charge < -0.3 is 5.73 Å². The van der Waals surface area contributed by atoms with Crippen LogP contribution in [0.15, 0.2) is 0 Å². The van der Waals surface area contributed by atoms with Gasteiger partial charge in [0, 0.05) is 25.6 Å². The highest BCUT2D eigenvalue weighted by Crippen LogP contribution is 2.18. The van der Waals surface area contributed by atoms with Crippen LogP contribution in [0.3, 0.4) is 0 Å². The third kappa shape index (κ3) is 3.43. The third-order valence-corrected chi connectivity index (χ3v) is 4.28. The first-order valence-corrected chi connectivity index (χ1v) is 7.00. The summed E-state index contributed by atoms with van der Waals surface area (Å²) in [5.74, 6) is -0.0534. The van der Waals surface area contributed by atoms with E-state index in [9.17, 15) is 8.42 Å². The molecule has 1 rings (SSSR count). The molecule has 1 unspecified atom stereocenters. The molecular formula is C9H20N4O2S. The van der Waals surface area contributed by atoms with Crippen molar-refractivity contribution in [2.45, 2.75) is 26.2 Å². The molecule has 0 aromatic rings. The van der Waals surface area contributed by atoms with Crippen LogP contribution in [0.5, 0.6) is 0 Å². The van der Waals surface area contributed by atoms with E-state index in [1.807, 2.05) is 6.92 Å². The molecule has 1 aliphatic rings. The van der Waals surface area contributed by atoms with Gasteiger partial charge in [0.15, 0.2) is 0 Å². The first-order valence-electron chi connectivity index (χ1n) is 5.56. The summed E-state index contributed by atoms with van der Waals surface area (Å²) in [7, 11) is -3.38. The van der Waals surface area contributed by atoms with Crippen LogP contribution in [0.1, 0.15) is 26.2 Å². The summed E-state index contributed by atoms with van der Waals surface area (Å²) in [4.78, 5) is 0. The number of piperidine rings is 1. The SMILES string of the molecule is CCCNS(=O)(=O)N1CCCC(C(=N)N)C1. The Bertz CT molecular complexity index is 341. The van der Waals surface area contributed by atoms with Crippen molar-refractivity contribution < 1.29 is 8.42 Å². The number of amidine groups is 1. The Balaban J connectivity index is 2.62. The van der Waals surface area contributed by atoms with Crippen molar-refractivity contribution in [2.24, 2.45) is 11.7 Å². The molecule has 0 saturated carbocycles. The van der Waals surface area contributed by atoms with Crippen molar-refractivity contribution in [3.05, 3.63) is 0 Å². The van der Waals surface area contributed by atoms with Crippen LogP contribution in [0.25, 0.3) is 0 Å². The molecule has 0 aromatic heterocycles. The highest BCUT2D eigenvalue weighted by atomic mass is 32.2. The second kappa shape index (κ2) is 5.60. The summed E-state index contributed by atoms with van der Waals surface area (Å²) >= 11 is 0. The summed E-state index contributed by atoms with van der Waals surface area (Å²) in [6.45, 7) is 3.21. The number of nitrogens with zero attached hydrogens (tertiary/aromatic N) is 1. The van der Waals surface area contributed by atoms with Gasteiger partial charge in [-0.2, -0.15) is 12.7 Å². The van der Waals surface area contributed by atoms with E-state index in [-0.39, 0.29) is 11.8 Å². The molecule has 0 spiro atoms.